The first-order valence-electron chi connectivity index (χ1n) is 9.90. The van der Waals surface area contributed by atoms with Crippen LogP contribution in [0.25, 0.3) is 12.2 Å². The third-order valence-corrected chi connectivity index (χ3v) is 4.80. The zero-order valence-electron chi connectivity index (χ0n) is 17.5. The van der Waals surface area contributed by atoms with E-state index in [4.69, 9.17) is 4.74 Å². The second-order valence-electron chi connectivity index (χ2n) is 7.09. The van der Waals surface area contributed by atoms with E-state index in [1.54, 1.807) is 42.5 Å². The number of carbonyl (C=O) groups is 1. The number of H-pyrrole nitrogens is 2. The number of ether oxygens (including phenoxy) is 1. The molecule has 2 aromatic heterocycles. The minimum Gasteiger partial charge on any atom is -0.481 e. The van der Waals surface area contributed by atoms with Gasteiger partial charge in [0.25, 0.3) is 11.1 Å². The Morgan fingerprint density at radius 2 is 1.55 bits per heavy atom. The van der Waals surface area contributed by atoms with Gasteiger partial charge in [-0.1, -0.05) is 24.3 Å². The van der Waals surface area contributed by atoms with E-state index >= 15 is 0 Å². The number of aromatic amines is 2. The van der Waals surface area contributed by atoms with Gasteiger partial charge in [-0.25, -0.2) is 9.37 Å². The third-order valence-electron chi connectivity index (χ3n) is 4.80. The van der Waals surface area contributed by atoms with E-state index in [2.05, 4.69) is 15.0 Å². The van der Waals surface area contributed by atoms with E-state index in [0.717, 1.165) is 0 Å². The molecule has 0 saturated carbocycles. The van der Waals surface area contributed by atoms with Crippen molar-refractivity contribution in [3.05, 3.63) is 126 Å². The molecule has 0 aliphatic carbocycles. The number of hydrogen-bond acceptors (Lipinski definition) is 5. The summed E-state index contributed by atoms with van der Waals surface area (Å²) in [4.78, 5) is 47.0. The van der Waals surface area contributed by atoms with Crippen molar-refractivity contribution < 1.29 is 13.9 Å². The topological polar surface area (TPSA) is 105 Å². The van der Waals surface area contributed by atoms with Crippen LogP contribution in [-0.2, 0) is 0 Å². The van der Waals surface area contributed by atoms with Gasteiger partial charge in [-0.2, -0.15) is 0 Å². The van der Waals surface area contributed by atoms with E-state index in [1.807, 2.05) is 0 Å². The van der Waals surface area contributed by atoms with Crippen molar-refractivity contribution in [1.82, 2.24) is 15.0 Å². The summed E-state index contributed by atoms with van der Waals surface area (Å²) < 4.78 is 18.2. The van der Waals surface area contributed by atoms with Gasteiger partial charge < -0.3 is 14.7 Å². The highest BCUT2D eigenvalue weighted by Gasteiger charge is 2.09. The summed E-state index contributed by atoms with van der Waals surface area (Å²) in [5.41, 5.74) is 0.659. The number of carbonyl (C=O) groups excluding carboxylic acids is 1. The monoisotopic (exact) mass is 443 g/mol. The Balaban J connectivity index is 1.71. The molecule has 0 spiro atoms. The number of methoxy groups -OCH3 is 1. The minimum atomic E-state index is -0.515. The second kappa shape index (κ2) is 9.27. The molecular weight excluding hydrogens is 425 g/mol. The highest BCUT2D eigenvalue weighted by atomic mass is 19.1. The van der Waals surface area contributed by atoms with Crippen LogP contribution in [0.15, 0.2) is 76.3 Å². The van der Waals surface area contributed by atoms with Crippen molar-refractivity contribution in [2.75, 3.05) is 7.11 Å². The van der Waals surface area contributed by atoms with Crippen molar-refractivity contribution in [3.8, 4) is 5.88 Å². The fraction of sp³-hybridized carbons (Fsp3) is 0.0400. The predicted octanol–water partition coefficient (Wildman–Crippen LogP) is 1.49. The van der Waals surface area contributed by atoms with Gasteiger partial charge in [0, 0.05) is 17.2 Å². The van der Waals surface area contributed by atoms with Crippen LogP contribution in [0.4, 0.5) is 4.39 Å². The first-order chi connectivity index (χ1) is 15.9. The van der Waals surface area contributed by atoms with E-state index in [0.29, 0.717) is 28.3 Å². The maximum Gasteiger partial charge on any atom is 0.272 e. The Labute approximate surface area is 186 Å². The number of halogens is 1. The number of benzene rings is 2. The molecule has 0 fully saturated rings. The van der Waals surface area contributed by atoms with Crippen LogP contribution >= 0.6 is 0 Å². The van der Waals surface area contributed by atoms with Crippen molar-refractivity contribution in [2.45, 2.75) is 0 Å². The molecule has 0 amide bonds. The normalized spacial score (nSPS) is 12.1. The van der Waals surface area contributed by atoms with Crippen LogP contribution in [0, 0.1) is 5.82 Å². The molecule has 2 N–H and O–H groups in total. The average molecular weight is 443 g/mol. The molecule has 4 aromatic rings. The van der Waals surface area contributed by atoms with Crippen molar-refractivity contribution in [1.29, 1.82) is 0 Å². The van der Waals surface area contributed by atoms with Crippen molar-refractivity contribution in [2.24, 2.45) is 0 Å². The number of nitrogens with zero attached hydrogens (tertiary/aromatic N) is 1. The van der Waals surface area contributed by atoms with Gasteiger partial charge in [0.15, 0.2) is 5.78 Å². The van der Waals surface area contributed by atoms with E-state index < -0.39 is 16.9 Å². The largest absolute Gasteiger partial charge is 0.481 e. The lowest BCUT2D eigenvalue weighted by molar-refractivity contribution is 0.103. The van der Waals surface area contributed by atoms with E-state index in [-0.39, 0.29) is 16.5 Å². The minimum absolute atomic E-state index is 0.0298. The number of aromatic nitrogens is 3. The van der Waals surface area contributed by atoms with E-state index in [1.165, 1.54) is 43.5 Å². The summed E-state index contributed by atoms with van der Waals surface area (Å²) >= 11 is 0. The highest BCUT2D eigenvalue weighted by Crippen LogP contribution is 2.13. The molecule has 2 aromatic carbocycles. The fourth-order valence-electron chi connectivity index (χ4n) is 3.17. The first-order valence-corrected chi connectivity index (χ1v) is 9.90. The quantitative estimate of drug-likeness (QED) is 0.455. The maximum absolute atomic E-state index is 13.1. The molecule has 0 aliphatic heterocycles. The van der Waals surface area contributed by atoms with Crippen molar-refractivity contribution >= 4 is 17.9 Å². The van der Waals surface area contributed by atoms with Crippen molar-refractivity contribution in [3.63, 3.8) is 0 Å². The molecular formula is C25H18FN3O4. The number of rotatable bonds is 5. The molecule has 33 heavy (non-hydrogen) atoms. The molecule has 0 atom stereocenters. The molecule has 0 bridgehead atoms. The third kappa shape index (κ3) is 5.01. The highest BCUT2D eigenvalue weighted by molar-refractivity contribution is 6.09. The predicted molar refractivity (Wildman–Crippen MR) is 121 cm³/mol. The Kier molecular flexibility index (Phi) is 6.08. The summed E-state index contributed by atoms with van der Waals surface area (Å²) in [6.07, 6.45) is 2.91. The smallest absolute Gasteiger partial charge is 0.272 e. The zero-order valence-corrected chi connectivity index (χ0v) is 17.5. The molecule has 4 rings (SSSR count). The van der Waals surface area contributed by atoms with Gasteiger partial charge in [-0.3, -0.25) is 14.4 Å². The Morgan fingerprint density at radius 1 is 0.879 bits per heavy atom. The summed E-state index contributed by atoms with van der Waals surface area (Å²) in [7, 11) is 1.48. The van der Waals surface area contributed by atoms with Crippen LogP contribution in [0.5, 0.6) is 5.88 Å². The molecule has 0 radical (unpaired) electrons. The Bertz CT molecular complexity index is 1570. The summed E-state index contributed by atoms with van der Waals surface area (Å²) in [5, 5.41) is 0.0697. The summed E-state index contributed by atoms with van der Waals surface area (Å²) in [6, 6.07) is 16.9. The molecule has 164 valence electrons. The lowest BCUT2D eigenvalue weighted by Gasteiger charge is -2.03. The maximum atomic E-state index is 13.1. The van der Waals surface area contributed by atoms with Gasteiger partial charge >= 0.3 is 0 Å². The van der Waals surface area contributed by atoms with Crippen LogP contribution < -0.4 is 26.6 Å². The van der Waals surface area contributed by atoms with Gasteiger partial charge in [0.1, 0.15) is 16.5 Å². The van der Waals surface area contributed by atoms with Gasteiger partial charge in [-0.15, -0.1) is 0 Å². The Morgan fingerprint density at radius 3 is 2.24 bits per heavy atom. The summed E-state index contributed by atoms with van der Waals surface area (Å²) in [6.45, 7) is 0. The number of nitrogens with one attached hydrogen (secondary N) is 2. The molecule has 7 nitrogen and oxygen atoms in total. The SMILES string of the molecule is COc1cccc(C=c2[nH]c(=O)c(=Cc3cccc(C(=O)c4ccc(F)cc4)c3)[nH]c2=O)n1. The van der Waals surface area contributed by atoms with Crippen LogP contribution in [-0.4, -0.2) is 27.8 Å². The molecule has 0 aliphatic rings. The van der Waals surface area contributed by atoms with Gasteiger partial charge in [0.2, 0.25) is 5.88 Å². The summed E-state index contributed by atoms with van der Waals surface area (Å²) in [5.74, 6) is -0.342. The number of ketones is 1. The molecule has 2 heterocycles. The average Bonchev–Trinajstić information content (AvgIpc) is 2.82. The van der Waals surface area contributed by atoms with Gasteiger partial charge in [0.05, 0.1) is 12.8 Å². The lowest BCUT2D eigenvalue weighted by Crippen LogP contribution is -2.46. The fourth-order valence-corrected chi connectivity index (χ4v) is 3.17. The standard InChI is InChI=1S/C25H18FN3O4/c1-33-22-7-3-6-19(27-22)14-21-25(32)28-20(24(31)29-21)13-15-4-2-5-17(12-15)23(30)16-8-10-18(26)11-9-16/h2-14H,1H3,(H,28,32)(H,29,31). The van der Waals surface area contributed by atoms with Crippen LogP contribution in [0.3, 0.4) is 0 Å². The molecule has 8 heteroatoms. The van der Waals surface area contributed by atoms with Crippen LogP contribution in [0.2, 0.25) is 0 Å². The lowest BCUT2D eigenvalue weighted by atomic mass is 10.0. The number of pyridine rings is 1. The van der Waals surface area contributed by atoms with Crippen LogP contribution in [0.1, 0.15) is 27.2 Å². The number of hydrogen-bond donors (Lipinski definition) is 2. The second-order valence-corrected chi connectivity index (χ2v) is 7.09. The Hall–Kier alpha value is -4.59. The molecule has 0 unspecified atom stereocenters. The first kappa shape index (κ1) is 21.6. The van der Waals surface area contributed by atoms with E-state index in [9.17, 15) is 18.8 Å². The van der Waals surface area contributed by atoms with Gasteiger partial charge in [-0.05, 0) is 54.1 Å². The molecule has 0 saturated heterocycles. The zero-order chi connectivity index (χ0) is 23.4.